The number of aliphatic hydroxyl groups is 2. The number of phosphoric ester groups is 1. The Balaban J connectivity index is 2.48. The van der Waals surface area contributed by atoms with E-state index in [0.29, 0.717) is 0 Å². The molecule has 0 spiro atoms. The van der Waals surface area contributed by atoms with Crippen molar-refractivity contribution in [2.75, 3.05) is 13.2 Å². The molecular formula is C7H15N2O8P. The Kier molecular flexibility index (Phi) is 5.20. The van der Waals surface area contributed by atoms with Crippen molar-refractivity contribution in [3.8, 4) is 0 Å². The molecule has 1 aliphatic rings. The summed E-state index contributed by atoms with van der Waals surface area (Å²) in [7, 11) is -4.68. The molecule has 0 aliphatic carbocycles. The topological polar surface area (TPSA) is 172 Å². The largest absolute Gasteiger partial charge is 0.469 e. The van der Waals surface area contributed by atoms with Gasteiger partial charge in [-0.15, -0.1) is 0 Å². The standard InChI is InChI=1S/C7H15N2O8P/c8-4(10)1-9-7-6(12)5(11)3(17-7)2-16-18(13,14)15/h3,5-7,9,11-12H,1-2H2,(H2,8,10)(H2,13,14,15)/t3-,5-,6-,7?/m1/s1. The third kappa shape index (κ3) is 4.59. The van der Waals surface area contributed by atoms with Crippen molar-refractivity contribution in [2.24, 2.45) is 5.73 Å². The summed E-state index contributed by atoms with van der Waals surface area (Å²) in [4.78, 5) is 27.5. The molecule has 1 unspecified atom stereocenters. The number of carbonyl (C=O) groups excluding carboxylic acids is 1. The van der Waals surface area contributed by atoms with Gasteiger partial charge in [0.1, 0.15) is 24.5 Å². The summed E-state index contributed by atoms with van der Waals surface area (Å²) in [6.45, 7) is -0.877. The van der Waals surface area contributed by atoms with E-state index in [-0.39, 0.29) is 6.54 Å². The molecule has 18 heavy (non-hydrogen) atoms. The molecule has 10 nitrogen and oxygen atoms in total. The molecule has 4 atom stereocenters. The highest BCUT2D eigenvalue weighted by atomic mass is 31.2. The second-order valence-electron chi connectivity index (χ2n) is 3.71. The molecule has 0 aromatic carbocycles. The summed E-state index contributed by atoms with van der Waals surface area (Å²) in [5.41, 5.74) is 4.87. The fourth-order valence-corrected chi connectivity index (χ4v) is 1.77. The number of nitrogens with two attached hydrogens (primary N) is 1. The van der Waals surface area contributed by atoms with Gasteiger partial charge < -0.3 is 30.5 Å². The number of hydrogen-bond donors (Lipinski definition) is 6. The number of hydrogen-bond acceptors (Lipinski definition) is 7. The number of aliphatic hydroxyl groups excluding tert-OH is 2. The Bertz CT molecular complexity index is 346. The van der Waals surface area contributed by atoms with E-state index in [1.54, 1.807) is 0 Å². The zero-order chi connectivity index (χ0) is 13.9. The molecule has 106 valence electrons. The van der Waals surface area contributed by atoms with Gasteiger partial charge in [-0.25, -0.2) is 4.57 Å². The van der Waals surface area contributed by atoms with Crippen LogP contribution in [0.4, 0.5) is 0 Å². The number of carbonyl (C=O) groups is 1. The van der Waals surface area contributed by atoms with Gasteiger partial charge in [0.25, 0.3) is 0 Å². The van der Waals surface area contributed by atoms with Crippen LogP contribution in [0.1, 0.15) is 0 Å². The van der Waals surface area contributed by atoms with Gasteiger partial charge in [0.2, 0.25) is 5.91 Å². The molecule has 0 aromatic rings. The third-order valence-electron chi connectivity index (χ3n) is 2.25. The van der Waals surface area contributed by atoms with Crippen molar-refractivity contribution < 1.29 is 38.6 Å². The normalized spacial score (nSPS) is 32.7. The molecule has 11 heteroatoms. The molecule has 7 N–H and O–H groups in total. The second-order valence-corrected chi connectivity index (χ2v) is 4.95. The van der Waals surface area contributed by atoms with Crippen molar-refractivity contribution in [3.63, 3.8) is 0 Å². The first-order valence-electron chi connectivity index (χ1n) is 4.94. The highest BCUT2D eigenvalue weighted by Gasteiger charge is 2.43. The van der Waals surface area contributed by atoms with Gasteiger partial charge in [0.05, 0.1) is 13.2 Å². The zero-order valence-electron chi connectivity index (χ0n) is 9.17. The van der Waals surface area contributed by atoms with E-state index in [1.807, 2.05) is 0 Å². The monoisotopic (exact) mass is 286 g/mol. The van der Waals surface area contributed by atoms with Crippen LogP contribution in [0, 0.1) is 0 Å². The van der Waals surface area contributed by atoms with Gasteiger partial charge in [0.15, 0.2) is 0 Å². The van der Waals surface area contributed by atoms with Gasteiger partial charge in [-0.3, -0.25) is 14.6 Å². The second kappa shape index (κ2) is 6.04. The molecule has 0 aromatic heterocycles. The molecule has 0 radical (unpaired) electrons. The van der Waals surface area contributed by atoms with Gasteiger partial charge in [-0.05, 0) is 0 Å². The van der Waals surface area contributed by atoms with Crippen LogP contribution >= 0.6 is 7.82 Å². The van der Waals surface area contributed by atoms with E-state index < -0.39 is 44.9 Å². The molecule has 1 amide bonds. The number of primary amides is 1. The van der Waals surface area contributed by atoms with Crippen LogP contribution in [0.25, 0.3) is 0 Å². The predicted molar refractivity (Wildman–Crippen MR) is 55.9 cm³/mol. The number of ether oxygens (including phenoxy) is 1. The Morgan fingerprint density at radius 3 is 2.50 bits per heavy atom. The van der Waals surface area contributed by atoms with E-state index in [2.05, 4.69) is 9.84 Å². The van der Waals surface area contributed by atoms with Crippen LogP contribution in [0.5, 0.6) is 0 Å². The minimum Gasteiger partial charge on any atom is -0.387 e. The van der Waals surface area contributed by atoms with Crippen LogP contribution in [-0.4, -0.2) is 63.6 Å². The maximum atomic E-state index is 10.5. The third-order valence-corrected chi connectivity index (χ3v) is 2.73. The number of nitrogens with one attached hydrogen (secondary N) is 1. The molecule has 1 rings (SSSR count). The lowest BCUT2D eigenvalue weighted by Gasteiger charge is -2.15. The van der Waals surface area contributed by atoms with E-state index in [9.17, 15) is 19.6 Å². The lowest BCUT2D eigenvalue weighted by molar-refractivity contribution is -0.118. The van der Waals surface area contributed by atoms with Crippen LogP contribution in [0.3, 0.4) is 0 Å². The minimum absolute atomic E-state index is 0.277. The predicted octanol–water partition coefficient (Wildman–Crippen LogP) is -3.38. The Hall–Kier alpha value is -0.580. The van der Waals surface area contributed by atoms with Gasteiger partial charge >= 0.3 is 7.82 Å². The fourth-order valence-electron chi connectivity index (χ4n) is 1.43. The van der Waals surface area contributed by atoms with Crippen LogP contribution < -0.4 is 11.1 Å². The van der Waals surface area contributed by atoms with Crippen molar-refractivity contribution in [3.05, 3.63) is 0 Å². The Morgan fingerprint density at radius 2 is 2.00 bits per heavy atom. The molecule has 1 fully saturated rings. The highest BCUT2D eigenvalue weighted by Crippen LogP contribution is 2.36. The number of amides is 1. The average Bonchev–Trinajstić information content (AvgIpc) is 2.50. The first-order valence-corrected chi connectivity index (χ1v) is 6.47. The van der Waals surface area contributed by atoms with Crippen LogP contribution in [0.2, 0.25) is 0 Å². The van der Waals surface area contributed by atoms with Crippen molar-refractivity contribution in [1.82, 2.24) is 5.32 Å². The maximum Gasteiger partial charge on any atom is 0.469 e. The van der Waals surface area contributed by atoms with Crippen molar-refractivity contribution >= 4 is 13.7 Å². The molecule has 1 heterocycles. The van der Waals surface area contributed by atoms with Crippen molar-refractivity contribution in [1.29, 1.82) is 0 Å². The molecular weight excluding hydrogens is 271 g/mol. The average molecular weight is 286 g/mol. The lowest BCUT2D eigenvalue weighted by Crippen LogP contribution is -2.44. The fraction of sp³-hybridized carbons (Fsp3) is 0.857. The molecule has 0 saturated carbocycles. The number of phosphoric acid groups is 1. The van der Waals surface area contributed by atoms with Crippen molar-refractivity contribution in [2.45, 2.75) is 24.5 Å². The molecule has 1 saturated heterocycles. The summed E-state index contributed by atoms with van der Waals surface area (Å²) in [5, 5.41) is 21.5. The van der Waals surface area contributed by atoms with Gasteiger partial charge in [0, 0.05) is 0 Å². The van der Waals surface area contributed by atoms with Gasteiger partial charge in [-0.2, -0.15) is 0 Å². The molecule has 0 bridgehead atoms. The Morgan fingerprint density at radius 1 is 1.39 bits per heavy atom. The maximum absolute atomic E-state index is 10.5. The summed E-state index contributed by atoms with van der Waals surface area (Å²) in [6, 6.07) is 0. The number of rotatable bonds is 6. The van der Waals surface area contributed by atoms with Gasteiger partial charge in [-0.1, -0.05) is 0 Å². The first kappa shape index (κ1) is 15.5. The zero-order valence-corrected chi connectivity index (χ0v) is 10.1. The Labute approximate surface area is 102 Å². The minimum atomic E-state index is -4.68. The summed E-state index contributed by atoms with van der Waals surface area (Å²) >= 11 is 0. The van der Waals surface area contributed by atoms with Crippen LogP contribution in [-0.2, 0) is 18.6 Å². The SMILES string of the molecule is NC(=O)CNC1O[C@H](COP(=O)(O)O)[C@@H](O)[C@H]1O. The summed E-state index contributed by atoms with van der Waals surface area (Å²) in [6.07, 6.45) is -4.97. The van der Waals surface area contributed by atoms with E-state index >= 15 is 0 Å². The van der Waals surface area contributed by atoms with Crippen LogP contribution in [0.15, 0.2) is 0 Å². The van der Waals surface area contributed by atoms with E-state index in [1.165, 1.54) is 0 Å². The quantitative estimate of drug-likeness (QED) is 0.272. The first-order chi connectivity index (χ1) is 8.20. The lowest BCUT2D eigenvalue weighted by atomic mass is 10.1. The molecule has 1 aliphatic heterocycles. The summed E-state index contributed by atoms with van der Waals surface area (Å²) < 4.78 is 19.7. The highest BCUT2D eigenvalue weighted by molar-refractivity contribution is 7.46. The van der Waals surface area contributed by atoms with E-state index in [4.69, 9.17) is 20.3 Å². The van der Waals surface area contributed by atoms with E-state index in [0.717, 1.165) is 0 Å². The summed E-state index contributed by atoms with van der Waals surface area (Å²) in [5.74, 6) is -0.685. The smallest absolute Gasteiger partial charge is 0.387 e.